The molecule has 0 saturated carbocycles. The van der Waals surface area contributed by atoms with E-state index in [1.807, 2.05) is 78.8 Å². The Morgan fingerprint density at radius 2 is 1.69 bits per heavy atom. The van der Waals surface area contributed by atoms with Crippen LogP contribution in [0.4, 0.5) is 0 Å². The van der Waals surface area contributed by atoms with E-state index in [4.69, 9.17) is 4.74 Å². The van der Waals surface area contributed by atoms with E-state index in [-0.39, 0.29) is 24.5 Å². The highest BCUT2D eigenvalue weighted by Crippen LogP contribution is 2.24. The van der Waals surface area contributed by atoms with Crippen LogP contribution < -0.4 is 10.1 Å². The number of nitrogens with zero attached hydrogens (tertiary/aromatic N) is 1. The minimum Gasteiger partial charge on any atom is -0.483 e. The Kier molecular flexibility index (Phi) is 9.30. The van der Waals surface area contributed by atoms with E-state index in [0.29, 0.717) is 18.7 Å². The van der Waals surface area contributed by atoms with Gasteiger partial charge < -0.3 is 15.0 Å². The predicted octanol–water partition coefficient (Wildman–Crippen LogP) is 5.02. The molecule has 0 aliphatic heterocycles. The Balaban J connectivity index is 2.29. The number of hydrogen-bond donors (Lipinski definition) is 1. The van der Waals surface area contributed by atoms with Gasteiger partial charge in [0.15, 0.2) is 6.61 Å². The highest BCUT2D eigenvalue weighted by atomic mass is 16.5. The molecule has 2 unspecified atom stereocenters. The zero-order valence-electron chi connectivity index (χ0n) is 20.6. The van der Waals surface area contributed by atoms with Crippen molar-refractivity contribution in [3.8, 4) is 5.75 Å². The number of rotatable bonds is 10. The van der Waals surface area contributed by atoms with Crippen LogP contribution in [0.15, 0.2) is 36.4 Å². The van der Waals surface area contributed by atoms with Gasteiger partial charge >= 0.3 is 0 Å². The molecule has 2 aromatic rings. The zero-order chi connectivity index (χ0) is 23.8. The van der Waals surface area contributed by atoms with Crippen LogP contribution >= 0.6 is 0 Å². The largest absolute Gasteiger partial charge is 0.483 e. The van der Waals surface area contributed by atoms with Crippen molar-refractivity contribution < 1.29 is 14.3 Å². The molecule has 0 fully saturated rings. The number of hydrogen-bond acceptors (Lipinski definition) is 3. The van der Waals surface area contributed by atoms with Gasteiger partial charge in [-0.05, 0) is 81.3 Å². The standard InChI is InChI=1S/C27H38N2O3/c1-8-21(6)28-27(31)24(9-2)29(16-23-13-11-10-12-19(23)4)26(30)17-32-25-15-18(3)14-20(5)22(25)7/h10-15,21,24H,8-9,16-17H2,1-7H3,(H,28,31). The molecule has 2 atom stereocenters. The van der Waals surface area contributed by atoms with Crippen LogP contribution in [-0.2, 0) is 16.1 Å². The lowest BCUT2D eigenvalue weighted by Crippen LogP contribution is -2.51. The van der Waals surface area contributed by atoms with Gasteiger partial charge in [-0.25, -0.2) is 0 Å². The summed E-state index contributed by atoms with van der Waals surface area (Å²) in [5.74, 6) is 0.396. The van der Waals surface area contributed by atoms with Gasteiger partial charge in [0, 0.05) is 12.6 Å². The summed E-state index contributed by atoms with van der Waals surface area (Å²) >= 11 is 0. The van der Waals surface area contributed by atoms with Crippen molar-refractivity contribution >= 4 is 11.8 Å². The van der Waals surface area contributed by atoms with Gasteiger partial charge in [-0.15, -0.1) is 0 Å². The fourth-order valence-corrected chi connectivity index (χ4v) is 3.70. The molecule has 0 aliphatic rings. The monoisotopic (exact) mass is 438 g/mol. The molecule has 0 aromatic heterocycles. The Morgan fingerprint density at radius 1 is 1.00 bits per heavy atom. The first-order valence-corrected chi connectivity index (χ1v) is 11.5. The van der Waals surface area contributed by atoms with Crippen molar-refractivity contribution in [3.63, 3.8) is 0 Å². The molecule has 0 spiro atoms. The summed E-state index contributed by atoms with van der Waals surface area (Å²) < 4.78 is 5.96. The zero-order valence-corrected chi connectivity index (χ0v) is 20.6. The average Bonchev–Trinajstić information content (AvgIpc) is 2.75. The molecule has 174 valence electrons. The molecule has 5 heteroatoms. The molecule has 0 saturated heterocycles. The van der Waals surface area contributed by atoms with E-state index in [1.165, 1.54) is 0 Å². The summed E-state index contributed by atoms with van der Waals surface area (Å²) in [5.41, 5.74) is 5.36. The molecular weight excluding hydrogens is 400 g/mol. The maximum Gasteiger partial charge on any atom is 0.261 e. The molecule has 5 nitrogen and oxygen atoms in total. The smallest absolute Gasteiger partial charge is 0.261 e. The number of amides is 2. The molecule has 2 rings (SSSR count). The number of carbonyl (C=O) groups is 2. The van der Waals surface area contributed by atoms with Crippen LogP contribution in [0.3, 0.4) is 0 Å². The van der Waals surface area contributed by atoms with Crippen LogP contribution in [0.1, 0.15) is 61.4 Å². The molecular formula is C27H38N2O3. The van der Waals surface area contributed by atoms with Gasteiger partial charge in [0.25, 0.3) is 5.91 Å². The van der Waals surface area contributed by atoms with Crippen LogP contribution in [0.2, 0.25) is 0 Å². The maximum atomic E-state index is 13.4. The van der Waals surface area contributed by atoms with Gasteiger partial charge in [-0.1, -0.05) is 44.2 Å². The number of benzene rings is 2. The Labute approximate surface area is 193 Å². The summed E-state index contributed by atoms with van der Waals surface area (Å²) in [4.78, 5) is 28.1. The highest BCUT2D eigenvalue weighted by Gasteiger charge is 2.30. The molecule has 1 N–H and O–H groups in total. The summed E-state index contributed by atoms with van der Waals surface area (Å²) in [7, 11) is 0. The van der Waals surface area contributed by atoms with E-state index < -0.39 is 6.04 Å². The number of nitrogens with one attached hydrogen (secondary N) is 1. The topological polar surface area (TPSA) is 58.6 Å². The van der Waals surface area contributed by atoms with Crippen LogP contribution in [0.25, 0.3) is 0 Å². The summed E-state index contributed by atoms with van der Waals surface area (Å²) in [6, 6.07) is 11.5. The van der Waals surface area contributed by atoms with Crippen molar-refractivity contribution in [2.24, 2.45) is 0 Å². The SMILES string of the molecule is CCC(C)NC(=O)C(CC)N(Cc1ccccc1C)C(=O)COc1cc(C)cc(C)c1C. The van der Waals surface area contributed by atoms with E-state index >= 15 is 0 Å². The maximum absolute atomic E-state index is 13.4. The highest BCUT2D eigenvalue weighted by molar-refractivity contribution is 5.88. The van der Waals surface area contributed by atoms with Gasteiger partial charge in [-0.3, -0.25) is 9.59 Å². The van der Waals surface area contributed by atoms with Crippen molar-refractivity contribution in [2.75, 3.05) is 6.61 Å². The molecule has 2 aromatic carbocycles. The van der Waals surface area contributed by atoms with Crippen molar-refractivity contribution in [1.82, 2.24) is 10.2 Å². The normalized spacial score (nSPS) is 12.7. The fourth-order valence-electron chi connectivity index (χ4n) is 3.70. The fraction of sp³-hybridized carbons (Fsp3) is 0.481. The van der Waals surface area contributed by atoms with Crippen LogP contribution in [0.5, 0.6) is 5.75 Å². The Bertz CT molecular complexity index is 938. The minimum absolute atomic E-state index is 0.0566. The third-order valence-electron chi connectivity index (χ3n) is 6.10. The Morgan fingerprint density at radius 3 is 2.31 bits per heavy atom. The van der Waals surface area contributed by atoms with Crippen LogP contribution in [-0.4, -0.2) is 35.4 Å². The van der Waals surface area contributed by atoms with E-state index in [1.54, 1.807) is 4.90 Å². The second-order valence-electron chi connectivity index (χ2n) is 8.68. The molecule has 0 heterocycles. The van der Waals surface area contributed by atoms with E-state index in [2.05, 4.69) is 11.4 Å². The van der Waals surface area contributed by atoms with Gasteiger partial charge in [-0.2, -0.15) is 0 Å². The number of aryl methyl sites for hydroxylation is 3. The number of ether oxygens (including phenoxy) is 1. The summed E-state index contributed by atoms with van der Waals surface area (Å²) in [5, 5.41) is 3.04. The number of carbonyl (C=O) groups excluding carboxylic acids is 2. The first-order chi connectivity index (χ1) is 15.2. The van der Waals surface area contributed by atoms with E-state index in [9.17, 15) is 9.59 Å². The molecule has 0 radical (unpaired) electrons. The third-order valence-corrected chi connectivity index (χ3v) is 6.10. The van der Waals surface area contributed by atoms with Crippen molar-refractivity contribution in [1.29, 1.82) is 0 Å². The van der Waals surface area contributed by atoms with Crippen LogP contribution in [0, 0.1) is 27.7 Å². The molecule has 0 aliphatic carbocycles. The lowest BCUT2D eigenvalue weighted by Gasteiger charge is -2.32. The molecule has 2 amide bonds. The molecule has 32 heavy (non-hydrogen) atoms. The first-order valence-electron chi connectivity index (χ1n) is 11.5. The van der Waals surface area contributed by atoms with Gasteiger partial charge in [0.1, 0.15) is 11.8 Å². The summed E-state index contributed by atoms with van der Waals surface area (Å²) in [6.45, 7) is 14.3. The third kappa shape index (κ3) is 6.59. The van der Waals surface area contributed by atoms with Crippen molar-refractivity contribution in [3.05, 3.63) is 64.2 Å². The second kappa shape index (κ2) is 11.7. The lowest BCUT2D eigenvalue weighted by molar-refractivity contribution is -0.143. The summed E-state index contributed by atoms with van der Waals surface area (Å²) in [6.07, 6.45) is 1.37. The van der Waals surface area contributed by atoms with Gasteiger partial charge in [0.05, 0.1) is 0 Å². The Hall–Kier alpha value is -2.82. The average molecular weight is 439 g/mol. The first kappa shape index (κ1) is 25.4. The predicted molar refractivity (Wildman–Crippen MR) is 130 cm³/mol. The van der Waals surface area contributed by atoms with E-state index in [0.717, 1.165) is 34.2 Å². The second-order valence-corrected chi connectivity index (χ2v) is 8.68. The van der Waals surface area contributed by atoms with Crippen molar-refractivity contribution in [2.45, 2.75) is 79.9 Å². The van der Waals surface area contributed by atoms with Gasteiger partial charge in [0.2, 0.25) is 5.91 Å². The minimum atomic E-state index is -0.556. The molecule has 0 bridgehead atoms. The lowest BCUT2D eigenvalue weighted by atomic mass is 10.1. The quantitative estimate of drug-likeness (QED) is 0.567.